The molecule has 1 aliphatic heterocycles. The lowest BCUT2D eigenvalue weighted by molar-refractivity contribution is 0.435. The molecule has 0 saturated carbocycles. The first-order chi connectivity index (χ1) is 10.6. The predicted octanol–water partition coefficient (Wildman–Crippen LogP) is 2.59. The highest BCUT2D eigenvalue weighted by Crippen LogP contribution is 2.36. The molecule has 2 aliphatic rings. The summed E-state index contributed by atoms with van der Waals surface area (Å²) in [5.74, 6) is 2.07. The van der Waals surface area contributed by atoms with E-state index >= 15 is 0 Å². The topological polar surface area (TPSA) is 46.9 Å². The molecule has 1 fully saturated rings. The van der Waals surface area contributed by atoms with E-state index in [1.807, 2.05) is 11.6 Å². The number of hydrogen-bond donors (Lipinski definition) is 1. The number of nitrogens with one attached hydrogen (secondary N) is 1. The fourth-order valence-corrected chi connectivity index (χ4v) is 5.30. The first-order valence-electron chi connectivity index (χ1n) is 8.37. The smallest absolute Gasteiger partial charge is 0.262 e. The van der Waals surface area contributed by atoms with Crippen molar-refractivity contribution in [2.24, 2.45) is 13.0 Å². The average Bonchev–Trinajstić information content (AvgIpc) is 2.89. The molecule has 0 bridgehead atoms. The van der Waals surface area contributed by atoms with Crippen LogP contribution in [0.1, 0.15) is 48.4 Å². The van der Waals surface area contributed by atoms with Crippen molar-refractivity contribution in [3.63, 3.8) is 0 Å². The molecule has 0 amide bonds. The molecule has 0 radical (unpaired) electrons. The third kappa shape index (κ3) is 2.22. The minimum absolute atomic E-state index is 0.164. The maximum Gasteiger partial charge on any atom is 0.262 e. The maximum absolute atomic E-state index is 12.9. The minimum atomic E-state index is 0.164. The number of fused-ring (bicyclic) bond motifs is 3. The molecule has 2 aromatic rings. The first kappa shape index (κ1) is 14.4. The van der Waals surface area contributed by atoms with Gasteiger partial charge in [0.05, 0.1) is 5.39 Å². The molecule has 5 heteroatoms. The van der Waals surface area contributed by atoms with E-state index in [0.29, 0.717) is 5.92 Å². The molecular weight excluding hydrogens is 294 g/mol. The van der Waals surface area contributed by atoms with Crippen LogP contribution in [0.3, 0.4) is 0 Å². The molecule has 2 atom stereocenters. The summed E-state index contributed by atoms with van der Waals surface area (Å²) in [6.45, 7) is 4.32. The van der Waals surface area contributed by atoms with Crippen molar-refractivity contribution in [3.05, 3.63) is 26.6 Å². The van der Waals surface area contributed by atoms with Crippen molar-refractivity contribution in [1.29, 1.82) is 0 Å². The van der Waals surface area contributed by atoms with Gasteiger partial charge in [0, 0.05) is 24.4 Å². The number of aryl methyl sites for hydroxylation is 1. The van der Waals surface area contributed by atoms with Crippen LogP contribution in [0.2, 0.25) is 0 Å². The molecule has 1 saturated heterocycles. The van der Waals surface area contributed by atoms with Crippen LogP contribution in [-0.4, -0.2) is 22.6 Å². The third-order valence-corrected chi connectivity index (χ3v) is 6.38. The van der Waals surface area contributed by atoms with Crippen molar-refractivity contribution < 1.29 is 0 Å². The Morgan fingerprint density at radius 2 is 2.23 bits per heavy atom. The van der Waals surface area contributed by atoms with Crippen LogP contribution in [0.5, 0.6) is 0 Å². The summed E-state index contributed by atoms with van der Waals surface area (Å²) < 4.78 is 1.81. The molecule has 2 aromatic heterocycles. The van der Waals surface area contributed by atoms with Gasteiger partial charge in [-0.2, -0.15) is 0 Å². The van der Waals surface area contributed by atoms with Crippen LogP contribution < -0.4 is 10.9 Å². The zero-order valence-electron chi connectivity index (χ0n) is 13.3. The van der Waals surface area contributed by atoms with Gasteiger partial charge in [-0.3, -0.25) is 9.36 Å². The number of hydrogen-bond acceptors (Lipinski definition) is 4. The molecule has 1 N–H and O–H groups in total. The lowest BCUT2D eigenvalue weighted by Crippen LogP contribution is -2.33. The molecule has 0 spiro atoms. The van der Waals surface area contributed by atoms with E-state index in [9.17, 15) is 4.79 Å². The lowest BCUT2D eigenvalue weighted by atomic mass is 9.89. The number of rotatable bonds is 1. The largest absolute Gasteiger partial charge is 0.316 e. The Morgan fingerprint density at radius 1 is 1.36 bits per heavy atom. The normalized spacial score (nSPS) is 25.4. The second-order valence-corrected chi connectivity index (χ2v) is 7.99. The average molecular weight is 317 g/mol. The summed E-state index contributed by atoms with van der Waals surface area (Å²) in [7, 11) is 1.90. The van der Waals surface area contributed by atoms with E-state index in [4.69, 9.17) is 4.98 Å². The molecule has 4 rings (SSSR count). The van der Waals surface area contributed by atoms with E-state index in [0.717, 1.165) is 60.7 Å². The van der Waals surface area contributed by atoms with Crippen LogP contribution in [0, 0.1) is 5.92 Å². The van der Waals surface area contributed by atoms with Crippen LogP contribution in [-0.2, 0) is 19.9 Å². The number of aromatic nitrogens is 2. The van der Waals surface area contributed by atoms with E-state index in [1.165, 1.54) is 16.9 Å². The second kappa shape index (κ2) is 5.46. The summed E-state index contributed by atoms with van der Waals surface area (Å²) in [5, 5.41) is 4.34. The lowest BCUT2D eigenvalue weighted by Gasteiger charge is -2.23. The van der Waals surface area contributed by atoms with Crippen molar-refractivity contribution in [2.75, 3.05) is 13.1 Å². The fourth-order valence-electron chi connectivity index (χ4n) is 3.92. The van der Waals surface area contributed by atoms with Crippen molar-refractivity contribution in [3.8, 4) is 0 Å². The number of thiophene rings is 1. The quantitative estimate of drug-likeness (QED) is 0.879. The highest BCUT2D eigenvalue weighted by molar-refractivity contribution is 7.18. The molecule has 3 heterocycles. The maximum atomic E-state index is 12.9. The monoisotopic (exact) mass is 317 g/mol. The van der Waals surface area contributed by atoms with E-state index < -0.39 is 0 Å². The van der Waals surface area contributed by atoms with Gasteiger partial charge in [-0.1, -0.05) is 6.92 Å². The highest BCUT2D eigenvalue weighted by atomic mass is 32.1. The molecule has 0 aromatic carbocycles. The Labute approximate surface area is 134 Å². The van der Waals surface area contributed by atoms with Gasteiger partial charge in [0.1, 0.15) is 10.7 Å². The second-order valence-electron chi connectivity index (χ2n) is 6.91. The van der Waals surface area contributed by atoms with Gasteiger partial charge < -0.3 is 5.32 Å². The number of piperidine rings is 1. The summed E-state index contributed by atoms with van der Waals surface area (Å²) in [6.07, 6.45) is 5.63. The number of nitrogens with zero attached hydrogens (tertiary/aromatic N) is 2. The molecule has 2 unspecified atom stereocenters. The Hall–Kier alpha value is -1.20. The third-order valence-electron chi connectivity index (χ3n) is 5.23. The Bertz CT molecular complexity index is 770. The first-order valence-corrected chi connectivity index (χ1v) is 9.18. The van der Waals surface area contributed by atoms with E-state index in [2.05, 4.69) is 12.2 Å². The van der Waals surface area contributed by atoms with Crippen LogP contribution >= 0.6 is 11.3 Å². The van der Waals surface area contributed by atoms with E-state index in [-0.39, 0.29) is 5.56 Å². The van der Waals surface area contributed by atoms with Crippen molar-refractivity contribution in [1.82, 2.24) is 14.9 Å². The zero-order chi connectivity index (χ0) is 15.3. The van der Waals surface area contributed by atoms with Crippen molar-refractivity contribution >= 4 is 21.6 Å². The molecule has 22 heavy (non-hydrogen) atoms. The zero-order valence-corrected chi connectivity index (χ0v) is 14.1. The molecule has 4 nitrogen and oxygen atoms in total. The van der Waals surface area contributed by atoms with Gasteiger partial charge in [0.15, 0.2) is 0 Å². The van der Waals surface area contributed by atoms with Crippen molar-refractivity contribution in [2.45, 2.75) is 44.9 Å². The summed E-state index contributed by atoms with van der Waals surface area (Å²) in [5.41, 5.74) is 1.46. The Kier molecular flexibility index (Phi) is 3.57. The van der Waals surface area contributed by atoms with Gasteiger partial charge in [0.2, 0.25) is 0 Å². The van der Waals surface area contributed by atoms with Crippen LogP contribution in [0.15, 0.2) is 4.79 Å². The van der Waals surface area contributed by atoms with Gasteiger partial charge in [0.25, 0.3) is 5.56 Å². The molecule has 118 valence electrons. The van der Waals surface area contributed by atoms with Gasteiger partial charge in [-0.15, -0.1) is 11.3 Å². The van der Waals surface area contributed by atoms with Gasteiger partial charge in [-0.25, -0.2) is 4.98 Å². The van der Waals surface area contributed by atoms with Gasteiger partial charge >= 0.3 is 0 Å². The summed E-state index contributed by atoms with van der Waals surface area (Å²) in [6, 6.07) is 0. The SMILES string of the molecule is CC1CCc2c(sc3nc(C4CCCNC4)n(C)c(=O)c23)C1. The fraction of sp³-hybridized carbons (Fsp3) is 0.647. The van der Waals surface area contributed by atoms with Gasteiger partial charge in [-0.05, 0) is 50.1 Å². The Balaban J connectivity index is 1.88. The molecular formula is C17H23N3OS. The highest BCUT2D eigenvalue weighted by Gasteiger charge is 2.26. The summed E-state index contributed by atoms with van der Waals surface area (Å²) >= 11 is 1.76. The van der Waals surface area contributed by atoms with E-state index in [1.54, 1.807) is 11.3 Å². The van der Waals surface area contributed by atoms with Crippen LogP contribution in [0.4, 0.5) is 0 Å². The Morgan fingerprint density at radius 3 is 3.00 bits per heavy atom. The summed E-state index contributed by atoms with van der Waals surface area (Å²) in [4.78, 5) is 20.2. The predicted molar refractivity (Wildman–Crippen MR) is 90.9 cm³/mol. The minimum Gasteiger partial charge on any atom is -0.316 e. The standard InChI is InChI=1S/C17H23N3OS/c1-10-5-6-12-13(8-10)22-16-14(12)17(21)20(2)15(19-16)11-4-3-7-18-9-11/h10-11,18H,3-9H2,1-2H3. The molecule has 1 aliphatic carbocycles. The van der Waals surface area contributed by atoms with Crippen LogP contribution in [0.25, 0.3) is 10.2 Å².